The van der Waals surface area contributed by atoms with Gasteiger partial charge in [-0.3, -0.25) is 4.98 Å². The van der Waals surface area contributed by atoms with Crippen LogP contribution >= 0.6 is 27.3 Å². The van der Waals surface area contributed by atoms with Crippen LogP contribution in [0.25, 0.3) is 0 Å². The number of rotatable bonds is 4. The van der Waals surface area contributed by atoms with Crippen molar-refractivity contribution in [1.82, 2.24) is 9.71 Å². The number of sulfonamides is 1. The molecule has 2 rings (SSSR count). The number of pyridine rings is 1. The Balaban J connectivity index is 2.30. The van der Waals surface area contributed by atoms with Crippen molar-refractivity contribution < 1.29 is 8.42 Å². The number of nitrogens with zero attached hydrogens (tertiary/aromatic N) is 1. The highest BCUT2D eigenvalue weighted by atomic mass is 79.9. The van der Waals surface area contributed by atoms with E-state index in [0.717, 1.165) is 9.35 Å². The standard InChI is InChI=1S/C12H13BrN2O2S2/c1-12(2,9-4-3-7-14-8-9)15-19(16,17)11-6-5-10(13)18-11/h3-8,15H,1-2H3. The van der Waals surface area contributed by atoms with Crippen molar-refractivity contribution >= 4 is 37.3 Å². The molecule has 2 heterocycles. The van der Waals surface area contributed by atoms with Crippen molar-refractivity contribution in [2.45, 2.75) is 23.6 Å². The summed E-state index contributed by atoms with van der Waals surface area (Å²) in [6.45, 7) is 3.62. The highest BCUT2D eigenvalue weighted by Gasteiger charge is 2.28. The van der Waals surface area contributed by atoms with Crippen LogP contribution in [0.4, 0.5) is 0 Å². The highest BCUT2D eigenvalue weighted by molar-refractivity contribution is 9.11. The molecule has 0 unspecified atom stereocenters. The molecule has 0 saturated carbocycles. The minimum atomic E-state index is -3.53. The molecule has 0 atom stereocenters. The number of thiophene rings is 1. The molecule has 1 N–H and O–H groups in total. The topological polar surface area (TPSA) is 59.1 Å². The van der Waals surface area contributed by atoms with Gasteiger partial charge in [0.2, 0.25) is 0 Å². The summed E-state index contributed by atoms with van der Waals surface area (Å²) in [6, 6.07) is 6.93. The lowest BCUT2D eigenvalue weighted by atomic mass is 9.98. The maximum absolute atomic E-state index is 12.3. The maximum atomic E-state index is 12.3. The summed E-state index contributed by atoms with van der Waals surface area (Å²) in [5, 5.41) is 0. The quantitative estimate of drug-likeness (QED) is 0.910. The van der Waals surface area contributed by atoms with Gasteiger partial charge in [-0.2, -0.15) is 0 Å². The summed E-state index contributed by atoms with van der Waals surface area (Å²) in [6.07, 6.45) is 3.32. The van der Waals surface area contributed by atoms with E-state index in [4.69, 9.17) is 0 Å². The molecule has 0 saturated heterocycles. The fraction of sp³-hybridized carbons (Fsp3) is 0.250. The molecule has 0 aromatic carbocycles. The Labute approximate surface area is 125 Å². The molecule has 0 fully saturated rings. The average molecular weight is 361 g/mol. The zero-order valence-electron chi connectivity index (χ0n) is 10.4. The lowest BCUT2D eigenvalue weighted by Crippen LogP contribution is -2.40. The van der Waals surface area contributed by atoms with Crippen LogP contribution in [0.5, 0.6) is 0 Å². The first-order valence-corrected chi connectivity index (χ1v) is 8.60. The molecule has 19 heavy (non-hydrogen) atoms. The number of nitrogens with one attached hydrogen (secondary N) is 1. The fourth-order valence-electron chi connectivity index (χ4n) is 1.62. The van der Waals surface area contributed by atoms with Crippen LogP contribution in [0.1, 0.15) is 19.4 Å². The van der Waals surface area contributed by atoms with E-state index in [2.05, 4.69) is 25.6 Å². The summed E-state index contributed by atoms with van der Waals surface area (Å²) >= 11 is 4.45. The van der Waals surface area contributed by atoms with Crippen LogP contribution < -0.4 is 4.72 Å². The zero-order valence-corrected chi connectivity index (χ0v) is 13.6. The number of halogens is 1. The predicted molar refractivity (Wildman–Crippen MR) is 79.6 cm³/mol. The van der Waals surface area contributed by atoms with E-state index in [0.29, 0.717) is 0 Å². The van der Waals surface area contributed by atoms with Gasteiger partial charge in [0.25, 0.3) is 10.0 Å². The average Bonchev–Trinajstić information content (AvgIpc) is 2.77. The number of aromatic nitrogens is 1. The van der Waals surface area contributed by atoms with Gasteiger partial charge in [0.05, 0.1) is 9.33 Å². The first-order chi connectivity index (χ1) is 8.81. The van der Waals surface area contributed by atoms with Gasteiger partial charge >= 0.3 is 0 Å². The Hall–Kier alpha value is -0.760. The first-order valence-electron chi connectivity index (χ1n) is 5.51. The SMILES string of the molecule is CC(C)(NS(=O)(=O)c1ccc(Br)s1)c1cccnc1. The van der Waals surface area contributed by atoms with Gasteiger partial charge in [-0.1, -0.05) is 6.07 Å². The van der Waals surface area contributed by atoms with Crippen molar-refractivity contribution in [2.24, 2.45) is 0 Å². The molecule has 0 spiro atoms. The van der Waals surface area contributed by atoms with Gasteiger partial charge in [-0.15, -0.1) is 11.3 Å². The smallest absolute Gasteiger partial charge is 0.250 e. The van der Waals surface area contributed by atoms with Crippen LogP contribution in [0.3, 0.4) is 0 Å². The Morgan fingerprint density at radius 2 is 2.05 bits per heavy atom. The van der Waals surface area contributed by atoms with Crippen LogP contribution in [0, 0.1) is 0 Å². The van der Waals surface area contributed by atoms with Gasteiger partial charge < -0.3 is 0 Å². The maximum Gasteiger partial charge on any atom is 0.250 e. The fourth-order valence-corrected chi connectivity index (χ4v) is 5.03. The van der Waals surface area contributed by atoms with E-state index >= 15 is 0 Å². The van der Waals surface area contributed by atoms with Crippen molar-refractivity contribution in [1.29, 1.82) is 0 Å². The van der Waals surface area contributed by atoms with Crippen molar-refractivity contribution in [2.75, 3.05) is 0 Å². The Morgan fingerprint density at radius 1 is 1.32 bits per heavy atom. The van der Waals surface area contributed by atoms with E-state index in [1.807, 2.05) is 19.9 Å². The number of hydrogen-bond acceptors (Lipinski definition) is 4. The second kappa shape index (κ2) is 5.32. The molecule has 2 aromatic heterocycles. The summed E-state index contributed by atoms with van der Waals surface area (Å²) in [7, 11) is -3.53. The Bertz CT molecular complexity index is 666. The zero-order chi connectivity index (χ0) is 14.1. The highest BCUT2D eigenvalue weighted by Crippen LogP contribution is 2.28. The molecule has 2 aromatic rings. The van der Waals surface area contributed by atoms with Crippen LogP contribution in [-0.2, 0) is 15.6 Å². The van der Waals surface area contributed by atoms with Crippen LogP contribution in [0.15, 0.2) is 44.7 Å². The summed E-state index contributed by atoms with van der Waals surface area (Å²) < 4.78 is 28.4. The second-order valence-electron chi connectivity index (χ2n) is 4.53. The van der Waals surface area contributed by atoms with Crippen LogP contribution in [0.2, 0.25) is 0 Å². The molecule has 0 bridgehead atoms. The first kappa shape index (κ1) is 14.6. The van der Waals surface area contributed by atoms with Gasteiger partial charge in [0.15, 0.2) is 0 Å². The minimum absolute atomic E-state index is 0.288. The number of hydrogen-bond donors (Lipinski definition) is 1. The lowest BCUT2D eigenvalue weighted by molar-refractivity contribution is 0.471. The third-order valence-corrected chi connectivity index (χ3v) is 6.36. The lowest BCUT2D eigenvalue weighted by Gasteiger charge is -2.25. The van der Waals surface area contributed by atoms with Gasteiger partial charge in [-0.05, 0) is 53.5 Å². The molecule has 102 valence electrons. The molecular formula is C12H13BrN2O2S2. The van der Waals surface area contributed by atoms with E-state index in [9.17, 15) is 8.42 Å². The minimum Gasteiger partial charge on any atom is -0.264 e. The Morgan fingerprint density at radius 3 is 2.58 bits per heavy atom. The van der Waals surface area contributed by atoms with E-state index in [-0.39, 0.29) is 4.21 Å². The molecule has 0 aliphatic heterocycles. The molecule has 0 amide bonds. The van der Waals surface area contributed by atoms with Crippen LogP contribution in [-0.4, -0.2) is 13.4 Å². The normalized spacial score (nSPS) is 12.6. The van der Waals surface area contributed by atoms with Gasteiger partial charge in [0, 0.05) is 12.4 Å². The van der Waals surface area contributed by atoms with Crippen molar-refractivity contribution in [3.8, 4) is 0 Å². The predicted octanol–water partition coefficient (Wildman–Crippen LogP) is 3.12. The summed E-state index contributed by atoms with van der Waals surface area (Å²) in [4.78, 5) is 4.02. The second-order valence-corrected chi connectivity index (χ2v) is 8.90. The van der Waals surface area contributed by atoms with E-state index < -0.39 is 15.6 Å². The van der Waals surface area contributed by atoms with E-state index in [1.54, 1.807) is 30.6 Å². The third kappa shape index (κ3) is 3.42. The largest absolute Gasteiger partial charge is 0.264 e. The summed E-state index contributed by atoms with van der Waals surface area (Å²) in [5.74, 6) is 0. The molecule has 0 aliphatic carbocycles. The van der Waals surface area contributed by atoms with E-state index in [1.165, 1.54) is 11.3 Å². The van der Waals surface area contributed by atoms with Gasteiger partial charge in [0.1, 0.15) is 4.21 Å². The summed E-state index contributed by atoms with van der Waals surface area (Å²) in [5.41, 5.74) is 0.0954. The van der Waals surface area contributed by atoms with Crippen molar-refractivity contribution in [3.63, 3.8) is 0 Å². The molecular weight excluding hydrogens is 348 g/mol. The molecule has 7 heteroatoms. The van der Waals surface area contributed by atoms with Crippen molar-refractivity contribution in [3.05, 3.63) is 46.0 Å². The molecule has 0 aliphatic rings. The molecule has 4 nitrogen and oxygen atoms in total. The monoisotopic (exact) mass is 360 g/mol. The third-order valence-electron chi connectivity index (χ3n) is 2.59. The van der Waals surface area contributed by atoms with Gasteiger partial charge in [-0.25, -0.2) is 13.1 Å². The Kier molecular flexibility index (Phi) is 4.10. The molecule has 0 radical (unpaired) electrons.